The largest absolute Gasteiger partial charge is 0.476 e. The van der Waals surface area contributed by atoms with Gasteiger partial charge in [-0.1, -0.05) is 6.07 Å². The maximum absolute atomic E-state index is 10.9. The molecule has 1 atom stereocenters. The first-order valence-electron chi connectivity index (χ1n) is 6.90. The molecule has 0 saturated carbocycles. The van der Waals surface area contributed by atoms with E-state index in [1.807, 2.05) is 38.4 Å². The van der Waals surface area contributed by atoms with Crippen LogP contribution < -0.4 is 5.32 Å². The molecule has 2 N–H and O–H groups in total. The number of thiazole rings is 1. The molecular formula is C15H16N4O2S. The number of aromatic carboxylic acids is 1. The number of carboxylic acids is 1. The summed E-state index contributed by atoms with van der Waals surface area (Å²) in [6, 6.07) is 4.01. The van der Waals surface area contributed by atoms with Gasteiger partial charge in [0.25, 0.3) is 0 Å². The second kappa shape index (κ2) is 5.86. The fourth-order valence-electron chi connectivity index (χ4n) is 2.26. The van der Waals surface area contributed by atoms with Crippen LogP contribution in [-0.2, 0) is 6.54 Å². The maximum atomic E-state index is 10.9. The average Bonchev–Trinajstić information content (AvgIpc) is 3.13. The number of nitrogens with one attached hydrogen (secondary N) is 1. The van der Waals surface area contributed by atoms with E-state index in [2.05, 4.69) is 19.7 Å². The lowest BCUT2D eigenvalue weighted by atomic mass is 10.3. The van der Waals surface area contributed by atoms with Crippen molar-refractivity contribution >= 4 is 23.0 Å². The minimum absolute atomic E-state index is 0.0199. The molecule has 7 heteroatoms. The molecule has 0 bridgehead atoms. The summed E-state index contributed by atoms with van der Waals surface area (Å²) in [7, 11) is 0. The van der Waals surface area contributed by atoms with E-state index in [0.717, 1.165) is 21.9 Å². The number of aromatic nitrogens is 3. The SMILES string of the molecule is Cc1cccn2c(CNC(C)c3nc(C(=O)O)cs3)cnc12. The van der Waals surface area contributed by atoms with Crippen molar-refractivity contribution in [2.45, 2.75) is 26.4 Å². The van der Waals surface area contributed by atoms with Crippen LogP contribution in [0.5, 0.6) is 0 Å². The van der Waals surface area contributed by atoms with Crippen LogP contribution in [-0.4, -0.2) is 25.4 Å². The fraction of sp³-hybridized carbons (Fsp3) is 0.267. The third-order valence-corrected chi connectivity index (χ3v) is 4.54. The average molecular weight is 316 g/mol. The first-order chi connectivity index (χ1) is 10.6. The van der Waals surface area contributed by atoms with Gasteiger partial charge < -0.3 is 14.8 Å². The van der Waals surface area contributed by atoms with Gasteiger partial charge in [-0.3, -0.25) is 0 Å². The van der Waals surface area contributed by atoms with E-state index in [0.29, 0.717) is 6.54 Å². The first-order valence-corrected chi connectivity index (χ1v) is 7.78. The molecule has 0 radical (unpaired) electrons. The summed E-state index contributed by atoms with van der Waals surface area (Å²) in [6.45, 7) is 4.64. The van der Waals surface area contributed by atoms with Crippen molar-refractivity contribution in [1.29, 1.82) is 0 Å². The number of hydrogen-bond donors (Lipinski definition) is 2. The zero-order valence-corrected chi connectivity index (χ0v) is 13.1. The van der Waals surface area contributed by atoms with E-state index >= 15 is 0 Å². The van der Waals surface area contributed by atoms with Crippen molar-refractivity contribution in [2.75, 3.05) is 0 Å². The van der Waals surface area contributed by atoms with E-state index in [4.69, 9.17) is 5.11 Å². The standard InChI is InChI=1S/C15H16N4O2S/c1-9-4-3-5-19-11(7-17-13(9)19)6-16-10(2)14-18-12(8-22-14)15(20)21/h3-5,7-8,10,16H,6H2,1-2H3,(H,20,21). The number of hydrogen-bond acceptors (Lipinski definition) is 5. The predicted molar refractivity (Wildman–Crippen MR) is 84.3 cm³/mol. The molecule has 1 unspecified atom stereocenters. The van der Waals surface area contributed by atoms with E-state index in [9.17, 15) is 4.79 Å². The highest BCUT2D eigenvalue weighted by Gasteiger charge is 2.14. The molecule has 3 aromatic heterocycles. The van der Waals surface area contributed by atoms with Crippen molar-refractivity contribution in [2.24, 2.45) is 0 Å². The number of aryl methyl sites for hydroxylation is 1. The molecule has 3 rings (SSSR count). The van der Waals surface area contributed by atoms with Crippen LogP contribution in [0.25, 0.3) is 5.65 Å². The number of carbonyl (C=O) groups is 1. The molecule has 0 aliphatic carbocycles. The van der Waals surface area contributed by atoms with Gasteiger partial charge in [-0.2, -0.15) is 0 Å². The molecule has 0 aliphatic rings. The van der Waals surface area contributed by atoms with Crippen LogP contribution in [0.2, 0.25) is 0 Å². The molecule has 0 amide bonds. The highest BCUT2D eigenvalue weighted by Crippen LogP contribution is 2.19. The summed E-state index contributed by atoms with van der Waals surface area (Å²) in [5.74, 6) is -0.994. The highest BCUT2D eigenvalue weighted by molar-refractivity contribution is 7.09. The molecular weight excluding hydrogens is 300 g/mol. The Labute approximate surface area is 131 Å². The highest BCUT2D eigenvalue weighted by atomic mass is 32.1. The number of carboxylic acid groups (broad SMARTS) is 1. The van der Waals surface area contributed by atoms with Gasteiger partial charge in [0.05, 0.1) is 17.9 Å². The smallest absolute Gasteiger partial charge is 0.355 e. The van der Waals surface area contributed by atoms with Crippen LogP contribution in [0, 0.1) is 6.92 Å². The Kier molecular flexibility index (Phi) is 3.91. The minimum atomic E-state index is -0.994. The lowest BCUT2D eigenvalue weighted by Crippen LogP contribution is -2.19. The van der Waals surface area contributed by atoms with Gasteiger partial charge in [0.15, 0.2) is 5.69 Å². The lowest BCUT2D eigenvalue weighted by Gasteiger charge is -2.11. The first kappa shape index (κ1) is 14.7. The van der Waals surface area contributed by atoms with Gasteiger partial charge in [0, 0.05) is 18.1 Å². The van der Waals surface area contributed by atoms with Gasteiger partial charge in [-0.05, 0) is 25.5 Å². The summed E-state index contributed by atoms with van der Waals surface area (Å²) in [5, 5.41) is 14.6. The summed E-state index contributed by atoms with van der Waals surface area (Å²) >= 11 is 1.35. The van der Waals surface area contributed by atoms with Crippen LogP contribution in [0.15, 0.2) is 29.9 Å². The Morgan fingerprint density at radius 3 is 3.09 bits per heavy atom. The number of rotatable bonds is 5. The van der Waals surface area contributed by atoms with Crippen LogP contribution in [0.3, 0.4) is 0 Å². The second-order valence-electron chi connectivity index (χ2n) is 5.11. The molecule has 0 aliphatic heterocycles. The number of nitrogens with zero attached hydrogens (tertiary/aromatic N) is 3. The predicted octanol–water partition coefficient (Wildman–Crippen LogP) is 2.65. The molecule has 3 aromatic rings. The van der Waals surface area contributed by atoms with Gasteiger partial charge in [-0.15, -0.1) is 11.3 Å². The molecule has 3 heterocycles. The number of pyridine rings is 1. The zero-order valence-electron chi connectivity index (χ0n) is 12.3. The number of imidazole rings is 1. The summed E-state index contributed by atoms with van der Waals surface area (Å²) < 4.78 is 2.06. The van der Waals surface area contributed by atoms with Crippen molar-refractivity contribution in [3.8, 4) is 0 Å². The Hall–Kier alpha value is -2.25. The van der Waals surface area contributed by atoms with Crippen molar-refractivity contribution in [3.05, 3.63) is 51.9 Å². The topological polar surface area (TPSA) is 79.5 Å². The summed E-state index contributed by atoms with van der Waals surface area (Å²) in [6.07, 6.45) is 3.84. The quantitative estimate of drug-likeness (QED) is 0.756. The van der Waals surface area contributed by atoms with Crippen LogP contribution in [0.1, 0.15) is 39.7 Å². The Balaban J connectivity index is 1.73. The normalized spacial score (nSPS) is 12.6. The van der Waals surface area contributed by atoms with Crippen molar-refractivity contribution in [1.82, 2.24) is 19.7 Å². The minimum Gasteiger partial charge on any atom is -0.476 e. The molecule has 0 spiro atoms. The van der Waals surface area contributed by atoms with E-state index in [1.54, 1.807) is 5.38 Å². The van der Waals surface area contributed by atoms with Gasteiger partial charge >= 0.3 is 5.97 Å². The monoisotopic (exact) mass is 316 g/mol. The molecule has 114 valence electrons. The van der Waals surface area contributed by atoms with Gasteiger partial charge in [0.1, 0.15) is 10.7 Å². The Morgan fingerprint density at radius 2 is 2.36 bits per heavy atom. The van der Waals surface area contributed by atoms with Crippen molar-refractivity contribution < 1.29 is 9.90 Å². The molecule has 22 heavy (non-hydrogen) atoms. The molecule has 6 nitrogen and oxygen atoms in total. The van der Waals surface area contributed by atoms with E-state index < -0.39 is 5.97 Å². The summed E-state index contributed by atoms with van der Waals surface area (Å²) in [4.78, 5) is 19.4. The van der Waals surface area contributed by atoms with Crippen molar-refractivity contribution in [3.63, 3.8) is 0 Å². The van der Waals surface area contributed by atoms with E-state index in [1.165, 1.54) is 11.3 Å². The second-order valence-corrected chi connectivity index (χ2v) is 6.00. The van der Waals surface area contributed by atoms with Gasteiger partial charge in [-0.25, -0.2) is 14.8 Å². The number of fused-ring (bicyclic) bond motifs is 1. The van der Waals surface area contributed by atoms with Crippen LogP contribution >= 0.6 is 11.3 Å². The third kappa shape index (κ3) is 2.72. The fourth-order valence-corrected chi connectivity index (χ4v) is 3.09. The summed E-state index contributed by atoms with van der Waals surface area (Å²) in [5.41, 5.74) is 3.24. The Morgan fingerprint density at radius 1 is 1.55 bits per heavy atom. The van der Waals surface area contributed by atoms with E-state index in [-0.39, 0.29) is 11.7 Å². The van der Waals surface area contributed by atoms with Crippen LogP contribution in [0.4, 0.5) is 0 Å². The lowest BCUT2D eigenvalue weighted by molar-refractivity contribution is 0.0691. The Bertz CT molecular complexity index is 824. The third-order valence-electron chi connectivity index (χ3n) is 3.51. The van der Waals surface area contributed by atoms with Gasteiger partial charge in [0.2, 0.25) is 0 Å². The maximum Gasteiger partial charge on any atom is 0.355 e. The molecule has 0 aromatic carbocycles. The molecule has 0 fully saturated rings. The zero-order chi connectivity index (χ0) is 15.7. The molecule has 0 saturated heterocycles.